The van der Waals surface area contributed by atoms with E-state index in [1.165, 1.54) is 11.8 Å². The van der Waals surface area contributed by atoms with E-state index in [1.807, 2.05) is 0 Å². The fourth-order valence-corrected chi connectivity index (χ4v) is 1.99. The van der Waals surface area contributed by atoms with Gasteiger partial charge in [-0.05, 0) is 25.5 Å². The van der Waals surface area contributed by atoms with Gasteiger partial charge in [-0.1, -0.05) is 19.0 Å². The first-order valence-corrected chi connectivity index (χ1v) is 5.09. The summed E-state index contributed by atoms with van der Waals surface area (Å²) in [7, 11) is 1.56. The lowest BCUT2D eigenvalue weighted by Gasteiger charge is -2.36. The lowest BCUT2D eigenvalue weighted by Crippen LogP contribution is -2.49. The summed E-state index contributed by atoms with van der Waals surface area (Å²) < 4.78 is 22.0. The van der Waals surface area contributed by atoms with Gasteiger partial charge in [0.1, 0.15) is 5.41 Å². The van der Waals surface area contributed by atoms with Gasteiger partial charge in [-0.2, -0.15) is 0 Å². The molecule has 1 aromatic rings. The number of hydrogen-bond donors (Lipinski definition) is 0. The maximum absolute atomic E-state index is 12.5. The largest absolute Gasteiger partial charge is 0.314 e. The summed E-state index contributed by atoms with van der Waals surface area (Å²) in [4.78, 5) is 26.2. The number of rotatable bonds is 1. The average Bonchev–Trinajstić information content (AvgIpc) is 2.32. The maximum atomic E-state index is 12.5. The number of carbonyl (C=O) groups excluding carboxylic acids is 2. The van der Waals surface area contributed by atoms with Crippen molar-refractivity contribution in [3.05, 3.63) is 29.8 Å². The molecule has 0 saturated carbocycles. The summed E-state index contributed by atoms with van der Waals surface area (Å²) in [5, 5.41) is 0. The molecule has 0 fully saturated rings. The average molecular weight is 220 g/mol. The topological polar surface area (TPSA) is 37.4 Å². The highest BCUT2D eigenvalue weighted by Gasteiger charge is 2.46. The number of amides is 1. The van der Waals surface area contributed by atoms with E-state index in [4.69, 9.17) is 4.11 Å². The Morgan fingerprint density at radius 1 is 1.38 bits per heavy atom. The molecule has 1 aliphatic rings. The molecule has 0 radical (unpaired) electrons. The second-order valence-electron chi connectivity index (χ2n) is 4.22. The molecule has 2 rings (SSSR count). The Hall–Kier alpha value is -1.64. The van der Waals surface area contributed by atoms with Crippen molar-refractivity contribution >= 4 is 17.4 Å². The molecule has 0 spiro atoms. The van der Waals surface area contributed by atoms with E-state index in [0.29, 0.717) is 11.3 Å². The molecule has 0 aromatic heterocycles. The van der Waals surface area contributed by atoms with Crippen LogP contribution in [0, 0.1) is 5.41 Å². The van der Waals surface area contributed by atoms with Crippen molar-refractivity contribution in [1.29, 1.82) is 0 Å². The van der Waals surface area contributed by atoms with Gasteiger partial charge < -0.3 is 4.90 Å². The fourth-order valence-electron chi connectivity index (χ4n) is 1.99. The molecule has 1 aliphatic heterocycles. The molecule has 3 heteroatoms. The number of Topliss-reactive ketones (excluding diaryl/α,β-unsaturated/α-hetero) is 1. The Kier molecular flexibility index (Phi) is 1.63. The van der Waals surface area contributed by atoms with Crippen molar-refractivity contribution in [2.75, 3.05) is 11.9 Å². The summed E-state index contributed by atoms with van der Waals surface area (Å²) in [5.74, 6) is -0.880. The van der Waals surface area contributed by atoms with E-state index >= 15 is 0 Å². The molecule has 0 bridgehead atoms. The van der Waals surface area contributed by atoms with Gasteiger partial charge in [-0.3, -0.25) is 9.59 Å². The highest BCUT2D eigenvalue weighted by Crippen LogP contribution is 2.38. The first kappa shape index (κ1) is 7.60. The predicted octanol–water partition coefficient (Wildman–Crippen LogP) is 2.26. The number of benzene rings is 1. The summed E-state index contributed by atoms with van der Waals surface area (Å²) >= 11 is 0. The second kappa shape index (κ2) is 3.44. The Labute approximate surface area is 99.3 Å². The molecule has 3 nitrogen and oxygen atoms in total. The third-order valence-electron chi connectivity index (χ3n) is 3.14. The van der Waals surface area contributed by atoms with Crippen LogP contribution in [-0.4, -0.2) is 18.7 Å². The van der Waals surface area contributed by atoms with Gasteiger partial charge in [-0.15, -0.1) is 0 Å². The standard InChI is InChI=1S/C13H15NO2/c1-4-13(2)11(15)9-7-5-6-8-10(9)14(3)12(13)16/h5-8H,4H2,1-3H3/i1D3. The number of para-hydroxylation sites is 1. The van der Waals surface area contributed by atoms with Crippen molar-refractivity contribution < 1.29 is 13.7 Å². The van der Waals surface area contributed by atoms with Crippen LogP contribution in [0.5, 0.6) is 0 Å². The number of hydrogen-bond acceptors (Lipinski definition) is 2. The van der Waals surface area contributed by atoms with Crippen LogP contribution in [0.4, 0.5) is 5.69 Å². The predicted molar refractivity (Wildman–Crippen MR) is 62.6 cm³/mol. The van der Waals surface area contributed by atoms with Crippen LogP contribution in [0.25, 0.3) is 0 Å². The third-order valence-corrected chi connectivity index (χ3v) is 3.14. The first-order chi connectivity index (χ1) is 8.67. The second-order valence-corrected chi connectivity index (χ2v) is 4.22. The summed E-state index contributed by atoms with van der Waals surface area (Å²) in [6, 6.07) is 6.75. The SMILES string of the molecule is [2H]C([2H])([2H])CC1(C)C(=O)c2ccccc2N(C)C1=O. The van der Waals surface area contributed by atoms with Gasteiger partial charge in [0.05, 0.1) is 5.69 Å². The highest BCUT2D eigenvalue weighted by molar-refractivity contribution is 6.24. The number of nitrogens with zero attached hydrogens (tertiary/aromatic N) is 1. The van der Waals surface area contributed by atoms with Gasteiger partial charge in [0.25, 0.3) is 0 Å². The van der Waals surface area contributed by atoms with Gasteiger partial charge in [0.2, 0.25) is 5.91 Å². The summed E-state index contributed by atoms with van der Waals surface area (Å²) in [5.41, 5.74) is -0.592. The van der Waals surface area contributed by atoms with Crippen molar-refractivity contribution in [3.8, 4) is 0 Å². The molecule has 0 saturated heterocycles. The summed E-state index contributed by atoms with van der Waals surface area (Å²) in [6.45, 7) is -0.913. The number of anilines is 1. The molecule has 1 aromatic carbocycles. The zero-order valence-corrected chi connectivity index (χ0v) is 9.28. The van der Waals surface area contributed by atoms with E-state index in [2.05, 4.69) is 0 Å². The van der Waals surface area contributed by atoms with E-state index < -0.39 is 30.4 Å². The van der Waals surface area contributed by atoms with Crippen LogP contribution >= 0.6 is 0 Å². The molecular weight excluding hydrogens is 202 g/mol. The van der Waals surface area contributed by atoms with Gasteiger partial charge in [0.15, 0.2) is 5.78 Å². The van der Waals surface area contributed by atoms with E-state index in [-0.39, 0.29) is 0 Å². The minimum atomic E-state index is -2.33. The zero-order valence-electron chi connectivity index (χ0n) is 12.3. The lowest BCUT2D eigenvalue weighted by molar-refractivity contribution is -0.125. The van der Waals surface area contributed by atoms with Gasteiger partial charge >= 0.3 is 0 Å². The number of fused-ring (bicyclic) bond motifs is 1. The molecule has 0 N–H and O–H groups in total. The molecule has 1 amide bonds. The molecule has 1 atom stereocenters. The van der Waals surface area contributed by atoms with Crippen molar-refractivity contribution in [2.45, 2.75) is 20.2 Å². The minimum absolute atomic E-state index is 0.399. The minimum Gasteiger partial charge on any atom is -0.314 e. The number of ketones is 1. The van der Waals surface area contributed by atoms with Crippen LogP contribution in [0.2, 0.25) is 0 Å². The Morgan fingerprint density at radius 3 is 2.75 bits per heavy atom. The van der Waals surface area contributed by atoms with E-state index in [9.17, 15) is 9.59 Å². The Balaban J connectivity index is 2.55. The highest BCUT2D eigenvalue weighted by atomic mass is 16.2. The maximum Gasteiger partial charge on any atom is 0.240 e. The third kappa shape index (κ3) is 1.21. The van der Waals surface area contributed by atoms with Crippen LogP contribution in [0.1, 0.15) is 34.7 Å². The lowest BCUT2D eigenvalue weighted by atomic mass is 9.75. The Morgan fingerprint density at radius 2 is 2.06 bits per heavy atom. The van der Waals surface area contributed by atoms with Crippen molar-refractivity contribution in [2.24, 2.45) is 5.41 Å². The van der Waals surface area contributed by atoms with Crippen LogP contribution in [0.3, 0.4) is 0 Å². The normalized spacial score (nSPS) is 28.1. The Bertz CT molecular complexity index is 553. The molecule has 16 heavy (non-hydrogen) atoms. The zero-order chi connectivity index (χ0) is 14.4. The molecule has 0 aliphatic carbocycles. The van der Waals surface area contributed by atoms with E-state index in [0.717, 1.165) is 0 Å². The van der Waals surface area contributed by atoms with E-state index in [1.54, 1.807) is 31.3 Å². The fraction of sp³-hybridized carbons (Fsp3) is 0.385. The molecular formula is C13H15NO2. The van der Waals surface area contributed by atoms with Crippen LogP contribution < -0.4 is 4.90 Å². The van der Waals surface area contributed by atoms with Gasteiger partial charge in [0, 0.05) is 16.7 Å². The first-order valence-electron chi connectivity index (χ1n) is 6.59. The van der Waals surface area contributed by atoms with Crippen LogP contribution in [-0.2, 0) is 4.79 Å². The molecule has 1 heterocycles. The number of carbonyl (C=O) groups is 2. The van der Waals surface area contributed by atoms with Crippen molar-refractivity contribution in [3.63, 3.8) is 0 Å². The van der Waals surface area contributed by atoms with Gasteiger partial charge in [-0.25, -0.2) is 0 Å². The van der Waals surface area contributed by atoms with Crippen LogP contribution in [0.15, 0.2) is 24.3 Å². The smallest absolute Gasteiger partial charge is 0.240 e. The molecule has 1 unspecified atom stereocenters. The summed E-state index contributed by atoms with van der Waals surface area (Å²) in [6.07, 6.45) is -0.448. The molecule has 84 valence electrons. The monoisotopic (exact) mass is 220 g/mol. The quantitative estimate of drug-likeness (QED) is 0.681. The van der Waals surface area contributed by atoms with Crippen molar-refractivity contribution in [1.82, 2.24) is 0 Å².